The molecular weight excluding hydrogens is 214 g/mol. The van der Waals surface area contributed by atoms with Gasteiger partial charge in [-0.25, -0.2) is 0 Å². The quantitative estimate of drug-likeness (QED) is 0.543. The first kappa shape index (κ1) is 10.3. The molecule has 1 fully saturated rings. The maximum atomic E-state index is 11.7. The standard InChI is InChI=1S/C14H13NO2/c16-13-8-12(14(17)15-13)11-7-3-5-9-4-1-2-6-10(9)11/h1-2,4,6H,3,5,7-8H2,(H,15,16,17). The number of hydrogen-bond acceptors (Lipinski definition) is 2. The average Bonchev–Trinajstić information content (AvgIpc) is 2.68. The Labute approximate surface area is 99.5 Å². The Bertz CT molecular complexity index is 543. The third-order valence-corrected chi connectivity index (χ3v) is 3.44. The molecule has 1 saturated heterocycles. The molecular formula is C14H13NO2. The largest absolute Gasteiger partial charge is 0.292 e. The van der Waals surface area contributed by atoms with E-state index in [1.807, 2.05) is 18.2 Å². The minimum Gasteiger partial charge on any atom is -0.292 e. The molecule has 0 unspecified atom stereocenters. The molecule has 0 spiro atoms. The highest BCUT2D eigenvalue weighted by Crippen LogP contribution is 2.34. The van der Waals surface area contributed by atoms with Gasteiger partial charge in [0.2, 0.25) is 5.91 Å². The van der Waals surface area contributed by atoms with Crippen molar-refractivity contribution in [3.63, 3.8) is 0 Å². The predicted octanol–water partition coefficient (Wildman–Crippen LogP) is 1.82. The maximum absolute atomic E-state index is 11.7. The summed E-state index contributed by atoms with van der Waals surface area (Å²) in [6.07, 6.45) is 3.25. The SMILES string of the molecule is O=C1CC(=C2CCCc3ccccc32)C(=O)N1. The number of benzene rings is 1. The van der Waals surface area contributed by atoms with Crippen molar-refractivity contribution in [2.45, 2.75) is 25.7 Å². The summed E-state index contributed by atoms with van der Waals surface area (Å²) in [4.78, 5) is 23.0. The van der Waals surface area contributed by atoms with Gasteiger partial charge in [0, 0.05) is 5.57 Å². The number of nitrogens with one attached hydrogen (secondary N) is 1. The number of rotatable bonds is 0. The summed E-state index contributed by atoms with van der Waals surface area (Å²) >= 11 is 0. The summed E-state index contributed by atoms with van der Waals surface area (Å²) in [5, 5.41) is 2.36. The van der Waals surface area contributed by atoms with Crippen LogP contribution in [0.4, 0.5) is 0 Å². The van der Waals surface area contributed by atoms with E-state index in [1.165, 1.54) is 5.56 Å². The fourth-order valence-electron chi connectivity index (χ4n) is 2.67. The van der Waals surface area contributed by atoms with E-state index >= 15 is 0 Å². The van der Waals surface area contributed by atoms with Crippen molar-refractivity contribution < 1.29 is 9.59 Å². The molecule has 1 aliphatic heterocycles. The van der Waals surface area contributed by atoms with Crippen LogP contribution in [0, 0.1) is 0 Å². The molecule has 1 aromatic carbocycles. The number of carbonyl (C=O) groups is 2. The molecule has 17 heavy (non-hydrogen) atoms. The van der Waals surface area contributed by atoms with Crippen molar-refractivity contribution >= 4 is 17.4 Å². The first-order valence-electron chi connectivity index (χ1n) is 5.90. The van der Waals surface area contributed by atoms with Gasteiger partial charge in [0.15, 0.2) is 0 Å². The Morgan fingerprint density at radius 3 is 2.59 bits per heavy atom. The fourth-order valence-corrected chi connectivity index (χ4v) is 2.67. The monoisotopic (exact) mass is 227 g/mol. The highest BCUT2D eigenvalue weighted by Gasteiger charge is 2.29. The molecule has 0 radical (unpaired) electrons. The number of imide groups is 1. The van der Waals surface area contributed by atoms with Crippen LogP contribution in [0.25, 0.3) is 5.57 Å². The Balaban J connectivity index is 2.14. The molecule has 3 nitrogen and oxygen atoms in total. The van der Waals surface area contributed by atoms with Crippen molar-refractivity contribution in [1.82, 2.24) is 5.32 Å². The van der Waals surface area contributed by atoms with Crippen LogP contribution < -0.4 is 5.32 Å². The Kier molecular flexibility index (Phi) is 2.32. The van der Waals surface area contributed by atoms with Gasteiger partial charge in [-0.1, -0.05) is 24.3 Å². The van der Waals surface area contributed by atoms with Crippen molar-refractivity contribution in [2.24, 2.45) is 0 Å². The number of allylic oxidation sites excluding steroid dienone is 1. The number of fused-ring (bicyclic) bond motifs is 1. The Morgan fingerprint density at radius 1 is 1.00 bits per heavy atom. The lowest BCUT2D eigenvalue weighted by Gasteiger charge is -2.20. The fraction of sp³-hybridized carbons (Fsp3) is 0.286. The van der Waals surface area contributed by atoms with Crippen LogP contribution >= 0.6 is 0 Å². The lowest BCUT2D eigenvalue weighted by atomic mass is 9.84. The normalized spacial score (nSPS) is 23.5. The lowest BCUT2D eigenvalue weighted by molar-refractivity contribution is -0.124. The summed E-state index contributed by atoms with van der Waals surface area (Å²) in [6, 6.07) is 8.16. The van der Waals surface area contributed by atoms with Gasteiger partial charge in [-0.05, 0) is 36.0 Å². The van der Waals surface area contributed by atoms with E-state index in [0.717, 1.165) is 30.4 Å². The summed E-state index contributed by atoms with van der Waals surface area (Å²) in [6.45, 7) is 0. The third-order valence-electron chi connectivity index (χ3n) is 3.44. The number of aryl methyl sites for hydroxylation is 1. The van der Waals surface area contributed by atoms with Gasteiger partial charge in [0.25, 0.3) is 5.91 Å². The molecule has 1 N–H and O–H groups in total. The molecule has 3 rings (SSSR count). The molecule has 2 amide bonds. The van der Waals surface area contributed by atoms with E-state index in [2.05, 4.69) is 11.4 Å². The van der Waals surface area contributed by atoms with Gasteiger partial charge in [0.05, 0.1) is 6.42 Å². The predicted molar refractivity (Wildman–Crippen MR) is 64.1 cm³/mol. The van der Waals surface area contributed by atoms with Gasteiger partial charge >= 0.3 is 0 Å². The van der Waals surface area contributed by atoms with Crippen LogP contribution in [0.2, 0.25) is 0 Å². The molecule has 0 saturated carbocycles. The van der Waals surface area contributed by atoms with Gasteiger partial charge in [-0.2, -0.15) is 0 Å². The average molecular weight is 227 g/mol. The molecule has 1 aliphatic carbocycles. The molecule has 1 heterocycles. The second-order valence-electron chi connectivity index (χ2n) is 4.52. The molecule has 2 aliphatic rings. The van der Waals surface area contributed by atoms with Crippen LogP contribution in [0.3, 0.4) is 0 Å². The first-order chi connectivity index (χ1) is 8.25. The minimum absolute atomic E-state index is 0.180. The van der Waals surface area contributed by atoms with Gasteiger partial charge in [0.1, 0.15) is 0 Å². The van der Waals surface area contributed by atoms with E-state index in [1.54, 1.807) is 0 Å². The highest BCUT2D eigenvalue weighted by atomic mass is 16.2. The maximum Gasteiger partial charge on any atom is 0.254 e. The highest BCUT2D eigenvalue weighted by molar-refractivity contribution is 6.17. The second-order valence-corrected chi connectivity index (χ2v) is 4.52. The molecule has 0 atom stereocenters. The number of carbonyl (C=O) groups excluding carboxylic acids is 2. The lowest BCUT2D eigenvalue weighted by Crippen LogP contribution is -2.20. The van der Waals surface area contributed by atoms with Gasteiger partial charge in [-0.3, -0.25) is 14.9 Å². The van der Waals surface area contributed by atoms with Crippen LogP contribution in [-0.2, 0) is 16.0 Å². The topological polar surface area (TPSA) is 46.2 Å². The summed E-state index contributed by atoms with van der Waals surface area (Å²) in [7, 11) is 0. The van der Waals surface area contributed by atoms with Crippen LogP contribution in [0.5, 0.6) is 0 Å². The smallest absolute Gasteiger partial charge is 0.254 e. The Morgan fingerprint density at radius 2 is 1.82 bits per heavy atom. The zero-order valence-corrected chi connectivity index (χ0v) is 9.45. The second kappa shape index (κ2) is 3.84. The molecule has 3 heteroatoms. The zero-order valence-electron chi connectivity index (χ0n) is 9.45. The number of hydrogen-bond donors (Lipinski definition) is 1. The molecule has 0 bridgehead atoms. The third kappa shape index (κ3) is 1.68. The molecule has 0 aromatic heterocycles. The summed E-state index contributed by atoms with van der Waals surface area (Å²) in [5.41, 5.74) is 4.17. The van der Waals surface area contributed by atoms with Crippen molar-refractivity contribution in [2.75, 3.05) is 0 Å². The zero-order chi connectivity index (χ0) is 11.8. The van der Waals surface area contributed by atoms with E-state index in [-0.39, 0.29) is 18.2 Å². The van der Waals surface area contributed by atoms with E-state index in [9.17, 15) is 9.59 Å². The minimum atomic E-state index is -0.207. The number of amides is 2. The van der Waals surface area contributed by atoms with Crippen molar-refractivity contribution in [1.29, 1.82) is 0 Å². The van der Waals surface area contributed by atoms with Crippen LogP contribution in [-0.4, -0.2) is 11.8 Å². The molecule has 1 aromatic rings. The van der Waals surface area contributed by atoms with Crippen molar-refractivity contribution in [3.8, 4) is 0 Å². The van der Waals surface area contributed by atoms with Crippen LogP contribution in [0.15, 0.2) is 29.8 Å². The van der Waals surface area contributed by atoms with E-state index in [0.29, 0.717) is 5.57 Å². The van der Waals surface area contributed by atoms with E-state index in [4.69, 9.17) is 0 Å². The molecule has 86 valence electrons. The van der Waals surface area contributed by atoms with Gasteiger partial charge < -0.3 is 0 Å². The van der Waals surface area contributed by atoms with Gasteiger partial charge in [-0.15, -0.1) is 0 Å². The van der Waals surface area contributed by atoms with Crippen LogP contribution in [0.1, 0.15) is 30.4 Å². The Hall–Kier alpha value is -1.90. The first-order valence-corrected chi connectivity index (χ1v) is 5.90. The van der Waals surface area contributed by atoms with Crippen molar-refractivity contribution in [3.05, 3.63) is 41.0 Å². The van der Waals surface area contributed by atoms with E-state index < -0.39 is 0 Å². The summed E-state index contributed by atoms with van der Waals surface area (Å²) < 4.78 is 0. The summed E-state index contributed by atoms with van der Waals surface area (Å²) in [5.74, 6) is -0.387.